The van der Waals surface area contributed by atoms with Gasteiger partial charge >= 0.3 is 0 Å². The van der Waals surface area contributed by atoms with E-state index in [2.05, 4.69) is 84.2 Å². The van der Waals surface area contributed by atoms with Gasteiger partial charge in [0.1, 0.15) is 0 Å². The first-order chi connectivity index (χ1) is 9.41. The van der Waals surface area contributed by atoms with E-state index in [4.69, 9.17) is 15.1 Å². The molecule has 0 aromatic heterocycles. The highest BCUT2D eigenvalue weighted by Gasteiger charge is 1.98. The van der Waals surface area contributed by atoms with Crippen LogP contribution in [0.5, 0.6) is 0 Å². The van der Waals surface area contributed by atoms with Gasteiger partial charge in [-0.05, 0) is 20.8 Å². The maximum atomic E-state index is 8.42. The average molecular weight is 323 g/mol. The van der Waals surface area contributed by atoms with E-state index in [1.165, 1.54) is 19.6 Å². The van der Waals surface area contributed by atoms with Crippen molar-refractivity contribution in [1.82, 2.24) is 0 Å². The second kappa shape index (κ2) is 14.4. The number of hydrogen-bond acceptors (Lipinski definition) is 3. The highest BCUT2D eigenvalue weighted by molar-refractivity contribution is 6.24. The molecule has 0 amide bonds. The first-order valence-corrected chi connectivity index (χ1v) is 7.80. The minimum atomic E-state index is -2.92. The summed E-state index contributed by atoms with van der Waals surface area (Å²) < 4.78 is 3.21. The zero-order valence-electron chi connectivity index (χ0n) is 17.3. The maximum Gasteiger partial charge on any atom is 0.0751 e. The molecule has 6 nitrogen and oxygen atoms in total. The summed E-state index contributed by atoms with van der Waals surface area (Å²) in [4.78, 5) is 0. The summed E-state index contributed by atoms with van der Waals surface area (Å²) in [5.74, 6) is 0. The molecule has 22 heavy (non-hydrogen) atoms. The van der Waals surface area contributed by atoms with E-state index in [0.717, 1.165) is 13.4 Å². The van der Waals surface area contributed by atoms with Crippen LogP contribution in [0.4, 0.5) is 0 Å². The van der Waals surface area contributed by atoms with Crippen molar-refractivity contribution in [3.8, 4) is 0 Å². The fourth-order valence-electron chi connectivity index (χ4n) is 0. The molecule has 7 heteroatoms. The summed E-state index contributed by atoms with van der Waals surface area (Å²) >= 11 is 0. The van der Waals surface area contributed by atoms with E-state index in [1.807, 2.05) is 0 Å². The van der Waals surface area contributed by atoms with Gasteiger partial charge in [-0.1, -0.05) is 0 Å². The van der Waals surface area contributed by atoms with E-state index in [0.29, 0.717) is 0 Å². The van der Waals surface area contributed by atoms with Gasteiger partial charge in [-0.3, -0.25) is 7.32 Å². The normalized spacial score (nSPS) is 11.0. The predicted octanol–water partition coefficient (Wildman–Crippen LogP) is -1.81. The van der Waals surface area contributed by atoms with Crippen molar-refractivity contribution < 1.29 is 28.5 Å². The summed E-state index contributed by atoms with van der Waals surface area (Å²) in [5.41, 5.74) is 0. The van der Waals surface area contributed by atoms with Crippen LogP contribution in [-0.4, -0.2) is 104 Å². The van der Waals surface area contributed by atoms with Crippen LogP contribution in [0.2, 0.25) is 0 Å². The highest BCUT2D eigenvalue weighted by atomic mass is 16.5. The van der Waals surface area contributed by atoms with Crippen LogP contribution in [0.25, 0.3) is 0 Å². The van der Waals surface area contributed by atoms with Gasteiger partial charge in [0, 0.05) is 0 Å². The third kappa shape index (κ3) is 90.2. The van der Waals surface area contributed by atoms with Crippen LogP contribution in [-0.2, 0) is 0 Å². The summed E-state index contributed by atoms with van der Waals surface area (Å²) in [6, 6.07) is 0. The van der Waals surface area contributed by atoms with Gasteiger partial charge in [0.05, 0.1) is 83.1 Å². The second-order valence-corrected chi connectivity index (χ2v) is 8.11. The molecular weight excluding hydrogens is 281 g/mol. The minimum Gasteiger partial charge on any atom is -0.907 e. The summed E-state index contributed by atoms with van der Waals surface area (Å²) in [6.07, 6.45) is 0. The number of rotatable bonds is 3. The van der Waals surface area contributed by atoms with Crippen molar-refractivity contribution in [1.29, 1.82) is 0 Å². The molecule has 138 valence electrons. The Kier molecular flexibility index (Phi) is 19.5. The lowest BCUT2D eigenvalue weighted by molar-refractivity contribution is -0.868. The van der Waals surface area contributed by atoms with Gasteiger partial charge in [0.2, 0.25) is 0 Å². The van der Waals surface area contributed by atoms with Crippen molar-refractivity contribution in [2.75, 3.05) is 83.1 Å². The van der Waals surface area contributed by atoms with Crippen molar-refractivity contribution >= 4 is 7.32 Å². The summed E-state index contributed by atoms with van der Waals surface area (Å²) in [5, 5.41) is 25.2. The molecule has 0 aliphatic rings. The van der Waals surface area contributed by atoms with Crippen molar-refractivity contribution in [3.63, 3.8) is 0 Å². The SMILES string of the molecule is CC[N+](C)(C)C.CC[N+](C)(C)C.CC[N+](C)(C)C.[O-]B([O-])[O-]. The molecule has 0 saturated carbocycles. The van der Waals surface area contributed by atoms with Gasteiger partial charge in [-0.15, -0.1) is 0 Å². The molecule has 0 spiro atoms. The van der Waals surface area contributed by atoms with Crippen molar-refractivity contribution in [2.45, 2.75) is 20.8 Å². The fourth-order valence-corrected chi connectivity index (χ4v) is 0. The number of quaternary nitrogens is 3. The smallest absolute Gasteiger partial charge is 0.0751 e. The Bertz CT molecular complexity index is 184. The zero-order valence-corrected chi connectivity index (χ0v) is 17.3. The Hall–Kier alpha value is -0.175. The maximum absolute atomic E-state index is 8.42. The Balaban J connectivity index is -0.0000000994. The molecule has 0 radical (unpaired) electrons. The zero-order chi connectivity index (χ0) is 19.2. The summed E-state index contributed by atoms with van der Waals surface area (Å²) in [6.45, 7) is 10.2. The van der Waals surface area contributed by atoms with E-state index < -0.39 is 7.32 Å². The first-order valence-electron chi connectivity index (χ1n) is 7.80. The fraction of sp³-hybridized carbons (Fsp3) is 1.00. The topological polar surface area (TPSA) is 69.2 Å². The molecule has 0 aliphatic carbocycles. The second-order valence-electron chi connectivity index (χ2n) is 8.11. The van der Waals surface area contributed by atoms with E-state index in [1.54, 1.807) is 0 Å². The van der Waals surface area contributed by atoms with Gasteiger partial charge in [0.15, 0.2) is 0 Å². The van der Waals surface area contributed by atoms with E-state index >= 15 is 0 Å². The van der Waals surface area contributed by atoms with Crippen LogP contribution in [0.15, 0.2) is 0 Å². The van der Waals surface area contributed by atoms with Gasteiger partial charge in [-0.2, -0.15) is 0 Å². The van der Waals surface area contributed by atoms with Crippen LogP contribution in [0.3, 0.4) is 0 Å². The molecule has 0 saturated heterocycles. The Morgan fingerprint density at radius 3 is 0.545 bits per heavy atom. The molecule has 0 aromatic carbocycles. The third-order valence-electron chi connectivity index (χ3n) is 2.85. The standard InChI is InChI=1S/3C5H14N.BO3/c3*1-5-6(2,3)4;2-1(3)4/h3*5H2,1-4H3;/q3*+1;-3. The molecule has 0 unspecified atom stereocenters. The van der Waals surface area contributed by atoms with Crippen LogP contribution < -0.4 is 15.1 Å². The molecule has 0 fully saturated rings. The number of nitrogens with zero attached hydrogens (tertiary/aromatic N) is 3. The molecule has 0 rings (SSSR count). The molecule has 0 atom stereocenters. The molecule has 0 N–H and O–H groups in total. The molecular formula is C15H42BN3O3. The van der Waals surface area contributed by atoms with Crippen LogP contribution >= 0.6 is 0 Å². The number of hydrogen-bond donors (Lipinski definition) is 0. The van der Waals surface area contributed by atoms with Gasteiger partial charge in [-0.25, -0.2) is 0 Å². The van der Waals surface area contributed by atoms with Crippen molar-refractivity contribution in [2.24, 2.45) is 0 Å². The molecule has 0 bridgehead atoms. The Morgan fingerprint density at radius 1 is 0.500 bits per heavy atom. The van der Waals surface area contributed by atoms with Crippen LogP contribution in [0.1, 0.15) is 20.8 Å². The third-order valence-corrected chi connectivity index (χ3v) is 2.85. The predicted molar refractivity (Wildman–Crippen MR) is 91.5 cm³/mol. The highest BCUT2D eigenvalue weighted by Crippen LogP contribution is 1.84. The Morgan fingerprint density at radius 2 is 0.545 bits per heavy atom. The molecule has 0 heterocycles. The van der Waals surface area contributed by atoms with E-state index in [-0.39, 0.29) is 0 Å². The summed E-state index contributed by atoms with van der Waals surface area (Å²) in [7, 11) is 16.7. The lowest BCUT2D eigenvalue weighted by Gasteiger charge is -2.35. The monoisotopic (exact) mass is 323 g/mol. The molecule has 0 aliphatic heterocycles. The molecule has 0 aromatic rings. The Labute approximate surface area is 140 Å². The van der Waals surface area contributed by atoms with E-state index in [9.17, 15) is 0 Å². The van der Waals surface area contributed by atoms with Gasteiger partial charge in [0.25, 0.3) is 0 Å². The van der Waals surface area contributed by atoms with Gasteiger partial charge < -0.3 is 28.5 Å². The lowest BCUT2D eigenvalue weighted by Crippen LogP contribution is -2.56. The lowest BCUT2D eigenvalue weighted by atomic mass is 10.3. The quantitative estimate of drug-likeness (QED) is 0.454. The van der Waals surface area contributed by atoms with Crippen molar-refractivity contribution in [3.05, 3.63) is 0 Å². The first kappa shape index (κ1) is 29.8. The average Bonchev–Trinajstić information content (AvgIpc) is 2.27. The van der Waals surface area contributed by atoms with Crippen LogP contribution in [0, 0.1) is 0 Å². The largest absolute Gasteiger partial charge is 0.907 e. The minimum absolute atomic E-state index is 1.07.